The molecule has 0 saturated carbocycles. The average molecular weight is 314 g/mol. The predicted molar refractivity (Wildman–Crippen MR) is 71.1 cm³/mol. The number of rotatable bonds is 1. The second-order valence-corrected chi connectivity index (χ2v) is 6.77. The molecule has 0 aliphatic heterocycles. The maximum absolute atomic E-state index is 9.75. The monoisotopic (exact) mass is 313 g/mol. The van der Waals surface area contributed by atoms with Crippen LogP contribution in [0.25, 0.3) is 0 Å². The molecule has 6 heteroatoms. The van der Waals surface area contributed by atoms with Crippen molar-refractivity contribution in [3.05, 3.63) is 31.3 Å². The normalized spacial score (nSPS) is 9.59. The first-order chi connectivity index (χ1) is 7.32. The van der Waals surface area contributed by atoms with Crippen molar-refractivity contribution in [1.29, 1.82) is 0 Å². The van der Waals surface area contributed by atoms with Crippen LogP contribution in [0.4, 0.5) is 5.82 Å². The minimum absolute atomic E-state index is 0. The van der Waals surface area contributed by atoms with Crippen LogP contribution < -0.4 is 5.06 Å². The van der Waals surface area contributed by atoms with E-state index in [0.29, 0.717) is 5.82 Å². The van der Waals surface area contributed by atoms with E-state index < -0.39 is 17.0 Å². The van der Waals surface area contributed by atoms with Crippen LogP contribution in [-0.4, -0.2) is 15.7 Å². The molecule has 1 N–H and O–H groups in total. The second-order valence-electron chi connectivity index (χ2n) is 4.19. The quantitative estimate of drug-likeness (QED) is 0.479. The van der Waals surface area contributed by atoms with Crippen molar-refractivity contribution >= 4 is 24.4 Å². The van der Waals surface area contributed by atoms with Gasteiger partial charge >= 0.3 is 35.6 Å². The van der Waals surface area contributed by atoms with Crippen LogP contribution >= 0.6 is 18.6 Å². The van der Waals surface area contributed by atoms with E-state index >= 15 is 0 Å². The molecule has 1 aromatic rings. The Morgan fingerprint density at radius 2 is 1.76 bits per heavy atom. The summed E-state index contributed by atoms with van der Waals surface area (Å²) in [5.74, 6) is 0.590. The summed E-state index contributed by atoms with van der Waals surface area (Å²) in [7, 11) is 9.78. The van der Waals surface area contributed by atoms with E-state index in [0.717, 1.165) is 5.69 Å². The molecule has 0 radical (unpaired) electrons. The third-order valence-corrected chi connectivity index (χ3v) is 1.73. The molecule has 0 fully saturated rings. The summed E-state index contributed by atoms with van der Waals surface area (Å²) in [4.78, 5) is 4.22. The van der Waals surface area contributed by atoms with Gasteiger partial charge in [0.25, 0.3) is 0 Å². The van der Waals surface area contributed by atoms with Gasteiger partial charge in [0.2, 0.25) is 0 Å². The van der Waals surface area contributed by atoms with Gasteiger partial charge in [-0.2, -0.15) is 0 Å². The van der Waals surface area contributed by atoms with Gasteiger partial charge in [-0.15, -0.1) is 0 Å². The molecule has 17 heavy (non-hydrogen) atoms. The Labute approximate surface area is 121 Å². The summed E-state index contributed by atoms with van der Waals surface area (Å²) in [6, 6.07) is 5.57. The van der Waals surface area contributed by atoms with Crippen molar-refractivity contribution in [2.45, 2.75) is 33.2 Å². The van der Waals surface area contributed by atoms with Gasteiger partial charge in [0, 0.05) is 5.69 Å². The van der Waals surface area contributed by atoms with E-state index in [-0.39, 0.29) is 13.0 Å². The number of aryl methyl sites for hydroxylation is 1. The Kier molecular flexibility index (Phi) is 10.5. The zero-order valence-electron chi connectivity index (χ0n) is 10.8. The van der Waals surface area contributed by atoms with Gasteiger partial charge in [-0.05, 0) is 39.8 Å². The molecule has 98 valence electrons. The Morgan fingerprint density at radius 1 is 1.29 bits per heavy atom. The SMILES string of the molecule is Cc1cccc(N(O)C(C)(C)C)n1.[CH3-].[Cl][Ti][Cl]. The molecular formula is C11H19Cl2N2OTi-. The first-order valence-electron chi connectivity index (χ1n) is 4.72. The Bertz CT molecular complexity index is 319. The number of hydroxylamine groups is 1. The summed E-state index contributed by atoms with van der Waals surface area (Å²) < 4.78 is 0. The van der Waals surface area contributed by atoms with E-state index in [9.17, 15) is 5.21 Å². The van der Waals surface area contributed by atoms with Crippen LogP contribution in [0.1, 0.15) is 26.5 Å². The maximum atomic E-state index is 9.75. The molecule has 1 rings (SSSR count). The number of aromatic nitrogens is 1. The predicted octanol–water partition coefficient (Wildman–Crippen LogP) is 4.21. The van der Waals surface area contributed by atoms with Gasteiger partial charge in [-0.3, -0.25) is 5.21 Å². The van der Waals surface area contributed by atoms with Crippen molar-refractivity contribution < 1.29 is 22.2 Å². The van der Waals surface area contributed by atoms with Crippen LogP contribution in [0, 0.1) is 14.4 Å². The van der Waals surface area contributed by atoms with Gasteiger partial charge in [0.1, 0.15) is 0 Å². The van der Waals surface area contributed by atoms with E-state index in [1.807, 2.05) is 39.8 Å². The molecule has 1 aromatic heterocycles. The first kappa shape index (κ1) is 19.5. The Balaban J connectivity index is 0. The zero-order chi connectivity index (χ0) is 12.8. The Hall–Kier alpha value is 0.204. The van der Waals surface area contributed by atoms with E-state index in [1.165, 1.54) is 5.06 Å². The summed E-state index contributed by atoms with van der Waals surface area (Å²) in [5.41, 5.74) is 0.585. The number of hydrogen-bond acceptors (Lipinski definition) is 3. The third kappa shape index (κ3) is 8.01. The number of pyridine rings is 1. The van der Waals surface area contributed by atoms with Gasteiger partial charge < -0.3 is 7.43 Å². The molecule has 1 heterocycles. The van der Waals surface area contributed by atoms with Crippen molar-refractivity contribution in [2.75, 3.05) is 5.06 Å². The first-order valence-corrected chi connectivity index (χ1v) is 9.01. The number of nitrogens with zero attached hydrogens (tertiary/aromatic N) is 2. The van der Waals surface area contributed by atoms with Gasteiger partial charge in [-0.25, -0.2) is 10.0 Å². The van der Waals surface area contributed by atoms with Crippen LogP contribution in [0.5, 0.6) is 0 Å². The van der Waals surface area contributed by atoms with E-state index in [1.54, 1.807) is 6.07 Å². The van der Waals surface area contributed by atoms with Crippen LogP contribution in [0.3, 0.4) is 0 Å². The van der Waals surface area contributed by atoms with Crippen molar-refractivity contribution in [3.63, 3.8) is 0 Å². The molecule has 0 atom stereocenters. The average Bonchev–Trinajstić information content (AvgIpc) is 2.16. The molecule has 0 amide bonds. The fourth-order valence-corrected chi connectivity index (χ4v) is 0.990. The second kappa shape index (κ2) is 9.18. The van der Waals surface area contributed by atoms with Crippen LogP contribution in [0.15, 0.2) is 18.2 Å². The topological polar surface area (TPSA) is 36.4 Å². The Morgan fingerprint density at radius 3 is 2.12 bits per heavy atom. The fraction of sp³-hybridized carbons (Fsp3) is 0.455. The molecule has 0 saturated heterocycles. The van der Waals surface area contributed by atoms with Crippen molar-refractivity contribution in [1.82, 2.24) is 4.98 Å². The molecule has 0 unspecified atom stereocenters. The molecule has 0 bridgehead atoms. The molecule has 0 aliphatic rings. The van der Waals surface area contributed by atoms with Gasteiger partial charge in [0.05, 0.1) is 5.54 Å². The number of hydrogen-bond donors (Lipinski definition) is 1. The molecule has 0 aliphatic carbocycles. The standard InChI is InChI=1S/C10H16N2O.CH3.2ClH.Ti/c1-8-6-5-7-9(11-8)12(13)10(2,3)4;;;;/h5-7,13H,1-4H3;1H3;2*1H;/q;-1;;;+2/p-2. The number of anilines is 1. The minimum atomic E-state index is -0.556. The van der Waals surface area contributed by atoms with Gasteiger partial charge in [0.15, 0.2) is 5.82 Å². The van der Waals surface area contributed by atoms with Crippen molar-refractivity contribution in [2.24, 2.45) is 0 Å². The summed E-state index contributed by atoms with van der Waals surface area (Å²) in [6.45, 7) is 7.69. The molecule has 0 spiro atoms. The summed E-state index contributed by atoms with van der Waals surface area (Å²) in [6.07, 6.45) is 0. The number of halogens is 2. The van der Waals surface area contributed by atoms with E-state index in [4.69, 9.17) is 18.6 Å². The fourth-order valence-electron chi connectivity index (χ4n) is 0.990. The summed E-state index contributed by atoms with van der Waals surface area (Å²) in [5, 5.41) is 10.9. The zero-order valence-corrected chi connectivity index (χ0v) is 13.9. The van der Waals surface area contributed by atoms with E-state index in [2.05, 4.69) is 4.98 Å². The third-order valence-electron chi connectivity index (χ3n) is 1.73. The van der Waals surface area contributed by atoms with Gasteiger partial charge in [-0.1, -0.05) is 6.07 Å². The summed E-state index contributed by atoms with van der Waals surface area (Å²) >= 11 is -0.556. The van der Waals surface area contributed by atoms with Crippen LogP contribution in [-0.2, 0) is 17.0 Å². The molecule has 0 aromatic carbocycles. The van der Waals surface area contributed by atoms with Crippen molar-refractivity contribution in [3.8, 4) is 0 Å². The van der Waals surface area contributed by atoms with Crippen LogP contribution in [0.2, 0.25) is 0 Å². The molecule has 3 nitrogen and oxygen atoms in total. The molecular weight excluding hydrogens is 295 g/mol.